The van der Waals surface area contributed by atoms with Crippen LogP contribution >= 0.6 is 11.3 Å². The maximum Gasteiger partial charge on any atom is 0.324 e. The molecule has 0 aliphatic carbocycles. The van der Waals surface area contributed by atoms with Gasteiger partial charge in [0.25, 0.3) is 0 Å². The minimum absolute atomic E-state index is 0.121. The number of urea groups is 1. The van der Waals surface area contributed by atoms with Gasteiger partial charge in [0.05, 0.1) is 17.7 Å². The number of nitrogens with zero attached hydrogens (tertiary/aromatic N) is 2. The van der Waals surface area contributed by atoms with E-state index in [1.54, 1.807) is 5.51 Å². The van der Waals surface area contributed by atoms with E-state index in [0.717, 1.165) is 5.69 Å². The zero-order valence-electron chi connectivity index (χ0n) is 7.40. The summed E-state index contributed by atoms with van der Waals surface area (Å²) in [5.74, 6) is -0.162. The molecule has 3 amide bonds. The van der Waals surface area contributed by atoms with Crippen molar-refractivity contribution in [1.82, 2.24) is 15.2 Å². The van der Waals surface area contributed by atoms with Crippen LogP contribution in [-0.2, 0) is 11.2 Å². The average Bonchev–Trinajstić information content (AvgIpc) is 2.76. The Hall–Kier alpha value is -1.43. The van der Waals surface area contributed by atoms with E-state index in [4.69, 9.17) is 0 Å². The number of rotatable bonds is 3. The van der Waals surface area contributed by atoms with Crippen LogP contribution in [0.5, 0.6) is 0 Å². The number of hydrogen-bond acceptors (Lipinski definition) is 4. The predicted molar refractivity (Wildman–Crippen MR) is 50.9 cm³/mol. The molecule has 0 unspecified atom stereocenters. The van der Waals surface area contributed by atoms with Crippen molar-refractivity contribution < 1.29 is 9.59 Å². The fraction of sp³-hybridized carbons (Fsp3) is 0.375. The average molecular weight is 211 g/mol. The minimum atomic E-state index is -0.301. The summed E-state index contributed by atoms with van der Waals surface area (Å²) < 4.78 is 0. The third kappa shape index (κ3) is 1.74. The third-order valence-corrected chi connectivity index (χ3v) is 2.65. The standard InChI is InChI=1S/C8H9N3O2S/c12-7-3-9-8(13)11(7)2-1-6-4-14-5-10-6/h4-5H,1-3H2,(H,9,13). The normalized spacial score (nSPS) is 16.1. The molecule has 0 saturated carbocycles. The Morgan fingerprint density at radius 1 is 1.57 bits per heavy atom. The van der Waals surface area contributed by atoms with Gasteiger partial charge in [0.1, 0.15) is 0 Å². The van der Waals surface area contributed by atoms with Crippen molar-refractivity contribution in [2.24, 2.45) is 0 Å². The van der Waals surface area contributed by atoms with Crippen molar-refractivity contribution in [3.8, 4) is 0 Å². The van der Waals surface area contributed by atoms with Gasteiger partial charge >= 0.3 is 6.03 Å². The summed E-state index contributed by atoms with van der Waals surface area (Å²) >= 11 is 1.51. The molecule has 2 rings (SSSR count). The van der Waals surface area contributed by atoms with Crippen molar-refractivity contribution in [2.45, 2.75) is 6.42 Å². The number of imide groups is 1. The molecule has 1 saturated heterocycles. The maximum atomic E-state index is 11.2. The van der Waals surface area contributed by atoms with Gasteiger partial charge in [-0.15, -0.1) is 11.3 Å². The second-order valence-electron chi connectivity index (χ2n) is 2.93. The molecule has 74 valence electrons. The highest BCUT2D eigenvalue weighted by Gasteiger charge is 2.27. The first-order chi connectivity index (χ1) is 6.77. The summed E-state index contributed by atoms with van der Waals surface area (Å²) in [6.07, 6.45) is 0.628. The van der Waals surface area contributed by atoms with E-state index in [0.29, 0.717) is 13.0 Å². The van der Waals surface area contributed by atoms with Crippen LogP contribution in [0.2, 0.25) is 0 Å². The van der Waals surface area contributed by atoms with Crippen molar-refractivity contribution in [3.63, 3.8) is 0 Å². The molecule has 1 aromatic rings. The van der Waals surface area contributed by atoms with Gasteiger partial charge < -0.3 is 5.32 Å². The van der Waals surface area contributed by atoms with Gasteiger partial charge in [-0.25, -0.2) is 9.78 Å². The lowest BCUT2D eigenvalue weighted by Crippen LogP contribution is -2.32. The highest BCUT2D eigenvalue weighted by atomic mass is 32.1. The summed E-state index contributed by atoms with van der Waals surface area (Å²) in [6, 6.07) is -0.301. The highest BCUT2D eigenvalue weighted by Crippen LogP contribution is 2.05. The summed E-state index contributed by atoms with van der Waals surface area (Å²) in [6.45, 7) is 0.532. The fourth-order valence-electron chi connectivity index (χ4n) is 1.27. The monoisotopic (exact) mass is 211 g/mol. The highest BCUT2D eigenvalue weighted by molar-refractivity contribution is 7.07. The van der Waals surface area contributed by atoms with E-state index in [9.17, 15) is 9.59 Å². The summed E-state index contributed by atoms with van der Waals surface area (Å²) in [7, 11) is 0. The molecule has 2 heterocycles. The van der Waals surface area contributed by atoms with Crippen LogP contribution < -0.4 is 5.32 Å². The van der Waals surface area contributed by atoms with E-state index in [-0.39, 0.29) is 18.5 Å². The number of aromatic nitrogens is 1. The quantitative estimate of drug-likeness (QED) is 0.728. The molecular weight excluding hydrogens is 202 g/mol. The zero-order chi connectivity index (χ0) is 9.97. The van der Waals surface area contributed by atoms with Crippen molar-refractivity contribution in [1.29, 1.82) is 0 Å². The Morgan fingerprint density at radius 3 is 3.00 bits per heavy atom. The van der Waals surface area contributed by atoms with Gasteiger partial charge in [-0.05, 0) is 0 Å². The SMILES string of the molecule is O=C1CNC(=O)N1CCc1cscn1. The number of thiazole rings is 1. The van der Waals surface area contributed by atoms with E-state index >= 15 is 0 Å². The van der Waals surface area contributed by atoms with Gasteiger partial charge in [0, 0.05) is 18.3 Å². The number of amides is 3. The van der Waals surface area contributed by atoms with Gasteiger partial charge in [0.2, 0.25) is 5.91 Å². The van der Waals surface area contributed by atoms with Crippen LogP contribution in [0.3, 0.4) is 0 Å². The van der Waals surface area contributed by atoms with Crippen LogP contribution in [0, 0.1) is 0 Å². The Morgan fingerprint density at radius 2 is 2.43 bits per heavy atom. The van der Waals surface area contributed by atoms with Gasteiger partial charge in [-0.1, -0.05) is 0 Å². The summed E-state index contributed by atoms with van der Waals surface area (Å²) in [5, 5.41) is 4.38. The molecule has 0 aromatic carbocycles. The van der Waals surface area contributed by atoms with Gasteiger partial charge in [-0.3, -0.25) is 9.69 Å². The summed E-state index contributed by atoms with van der Waals surface area (Å²) in [4.78, 5) is 27.6. The van der Waals surface area contributed by atoms with Crippen LogP contribution in [0.1, 0.15) is 5.69 Å². The number of carbonyl (C=O) groups is 2. The predicted octanol–water partition coefficient (Wildman–Crippen LogP) is 0.237. The van der Waals surface area contributed by atoms with E-state index in [1.165, 1.54) is 16.2 Å². The van der Waals surface area contributed by atoms with Gasteiger partial charge in [0.15, 0.2) is 0 Å². The molecule has 0 spiro atoms. The number of carbonyl (C=O) groups excluding carboxylic acids is 2. The Bertz CT molecular complexity index is 333. The minimum Gasteiger partial charge on any atom is -0.329 e. The maximum absolute atomic E-state index is 11.2. The third-order valence-electron chi connectivity index (χ3n) is 2.01. The molecule has 1 aromatic heterocycles. The smallest absolute Gasteiger partial charge is 0.324 e. The lowest BCUT2D eigenvalue weighted by Gasteiger charge is -2.10. The van der Waals surface area contributed by atoms with Gasteiger partial charge in [-0.2, -0.15) is 0 Å². The first-order valence-electron chi connectivity index (χ1n) is 4.22. The lowest BCUT2D eigenvalue weighted by molar-refractivity contribution is -0.124. The molecule has 0 radical (unpaired) electrons. The fourth-order valence-corrected chi connectivity index (χ4v) is 1.86. The zero-order valence-corrected chi connectivity index (χ0v) is 8.21. The molecular formula is C8H9N3O2S. The first kappa shape index (κ1) is 9.14. The number of hydrogen-bond donors (Lipinski definition) is 1. The molecule has 0 bridgehead atoms. The second kappa shape index (κ2) is 3.75. The van der Waals surface area contributed by atoms with Crippen molar-refractivity contribution in [2.75, 3.05) is 13.1 Å². The Labute approximate surface area is 84.7 Å². The van der Waals surface area contributed by atoms with E-state index < -0.39 is 0 Å². The second-order valence-corrected chi connectivity index (χ2v) is 3.65. The molecule has 1 N–H and O–H groups in total. The molecule has 1 aliphatic rings. The largest absolute Gasteiger partial charge is 0.329 e. The van der Waals surface area contributed by atoms with Crippen molar-refractivity contribution >= 4 is 23.3 Å². The van der Waals surface area contributed by atoms with Crippen LogP contribution in [0.25, 0.3) is 0 Å². The lowest BCUT2D eigenvalue weighted by atomic mass is 10.3. The first-order valence-corrected chi connectivity index (χ1v) is 5.17. The molecule has 1 aliphatic heterocycles. The Balaban J connectivity index is 1.92. The number of nitrogens with one attached hydrogen (secondary N) is 1. The molecule has 0 atom stereocenters. The molecule has 5 nitrogen and oxygen atoms in total. The Kier molecular flexibility index (Phi) is 2.45. The van der Waals surface area contributed by atoms with Crippen LogP contribution in [-0.4, -0.2) is 34.9 Å². The summed E-state index contributed by atoms with van der Waals surface area (Å²) in [5.41, 5.74) is 2.66. The molecule has 1 fully saturated rings. The van der Waals surface area contributed by atoms with Crippen LogP contribution in [0.4, 0.5) is 4.79 Å². The topological polar surface area (TPSA) is 62.3 Å². The van der Waals surface area contributed by atoms with Crippen LogP contribution in [0.15, 0.2) is 10.9 Å². The van der Waals surface area contributed by atoms with Crippen molar-refractivity contribution in [3.05, 3.63) is 16.6 Å². The van der Waals surface area contributed by atoms with E-state index in [1.807, 2.05) is 5.38 Å². The molecule has 6 heteroatoms. The van der Waals surface area contributed by atoms with E-state index in [2.05, 4.69) is 10.3 Å². The molecule has 14 heavy (non-hydrogen) atoms.